The predicted octanol–water partition coefficient (Wildman–Crippen LogP) is 14.9. The number of allylic oxidation sites excluding steroid dienone is 1. The van der Waals surface area contributed by atoms with Crippen LogP contribution in [0.5, 0.6) is 0 Å². The summed E-state index contributed by atoms with van der Waals surface area (Å²) in [6.07, 6.45) is 22.1. The zero-order valence-electron chi connectivity index (χ0n) is 36.5. The number of aliphatic imine (C=N–C) groups is 1. The summed E-state index contributed by atoms with van der Waals surface area (Å²) in [6, 6.07) is 32.6. The van der Waals surface area contributed by atoms with E-state index in [1.807, 2.05) is 0 Å². The molecule has 59 heavy (non-hydrogen) atoms. The van der Waals surface area contributed by atoms with Crippen molar-refractivity contribution in [3.63, 3.8) is 0 Å². The molecule has 5 nitrogen and oxygen atoms in total. The van der Waals surface area contributed by atoms with Gasteiger partial charge in [-0.1, -0.05) is 26.7 Å². The SMILES string of the molecule is CCCCCCCCc1cc(N=C(C)C(CC)=[C](c2cc(CCCC)c(CCCCCCCC)c(-c3ccccc3)c2)[Ni]([Br])([NH]C=O)[NH]C=O)ccc1-c1ccccc1. The molecule has 4 aromatic carbocycles. The van der Waals surface area contributed by atoms with Gasteiger partial charge in [0.05, 0.1) is 0 Å². The van der Waals surface area contributed by atoms with Crippen LogP contribution in [0.25, 0.3) is 26.8 Å². The molecule has 0 bridgehead atoms. The average Bonchev–Trinajstić information content (AvgIpc) is 3.25. The van der Waals surface area contributed by atoms with E-state index in [2.05, 4.69) is 149 Å². The Morgan fingerprint density at radius 3 is 1.68 bits per heavy atom. The maximum atomic E-state index is 12.4. The Morgan fingerprint density at radius 2 is 1.12 bits per heavy atom. The van der Waals surface area contributed by atoms with Gasteiger partial charge in [0.2, 0.25) is 0 Å². The van der Waals surface area contributed by atoms with Crippen LogP contribution in [0.4, 0.5) is 5.69 Å². The minimum atomic E-state index is -2.71. The molecule has 7 heteroatoms. The molecule has 0 aromatic heterocycles. The van der Waals surface area contributed by atoms with E-state index in [1.54, 1.807) is 0 Å². The summed E-state index contributed by atoms with van der Waals surface area (Å²) in [5.74, 6) is 0. The third kappa shape index (κ3) is 14.4. The predicted molar refractivity (Wildman–Crippen MR) is 254 cm³/mol. The number of halogens is 1. The number of rotatable bonds is 28. The van der Waals surface area contributed by atoms with Crippen molar-refractivity contribution < 1.29 is 20.6 Å². The molecule has 4 rings (SSSR count). The van der Waals surface area contributed by atoms with Crippen LogP contribution in [0, 0.1) is 0 Å². The van der Waals surface area contributed by atoms with Crippen molar-refractivity contribution in [1.82, 2.24) is 8.79 Å². The first-order valence-electron chi connectivity index (χ1n) is 22.3. The molecule has 0 unspecified atom stereocenters. The van der Waals surface area contributed by atoms with Crippen molar-refractivity contribution in [2.75, 3.05) is 0 Å². The molecular formula is C52H70BrN3NiO2. The van der Waals surface area contributed by atoms with E-state index in [4.69, 9.17) is 4.99 Å². The molecule has 4 aromatic rings. The normalized spacial score (nSPS) is 12.5. The zero-order chi connectivity index (χ0) is 42.3. The molecule has 0 fully saturated rings. The second-order valence-electron chi connectivity index (χ2n) is 15.5. The summed E-state index contributed by atoms with van der Waals surface area (Å²) in [5.41, 5.74) is 12.6. The standard InChI is InChI=1S/C50H66N.2CH3NO.BrH.Ni/c1-6-10-13-15-17-21-32-46-39-47(34-35-48(46)43-28-22-19-23-29-43)51-40(5)42(9-4)36-41-37-45(27-12-8-3)49(33-26-18-16-14-11-7-2)50(38-41)44-30-24-20-25-31-44;2*2-1-3;;/h19-20,22-25,28-31,34-35,37-39H,6-18,21,26-27,32-33H2,1-5H3;2*1H,(H2,2,3);1H;/q;;;;+3/p-3. The van der Waals surface area contributed by atoms with Gasteiger partial charge in [-0.15, -0.1) is 0 Å². The fourth-order valence-corrected chi connectivity index (χ4v) is 11.7. The van der Waals surface area contributed by atoms with E-state index in [1.165, 1.54) is 103 Å². The Labute approximate surface area is 366 Å². The Kier molecular flexibility index (Phi) is 21.4. The van der Waals surface area contributed by atoms with Gasteiger partial charge in [0, 0.05) is 0 Å². The van der Waals surface area contributed by atoms with E-state index in [-0.39, 0.29) is 0 Å². The molecule has 0 saturated carbocycles. The molecule has 322 valence electrons. The molecule has 0 atom stereocenters. The first-order chi connectivity index (χ1) is 28.8. The van der Waals surface area contributed by atoms with Gasteiger partial charge in [0.1, 0.15) is 0 Å². The van der Waals surface area contributed by atoms with Crippen LogP contribution in [-0.4, -0.2) is 18.5 Å². The Morgan fingerprint density at radius 1 is 0.593 bits per heavy atom. The number of hydrogen-bond donors (Lipinski definition) is 2. The fourth-order valence-electron chi connectivity index (χ4n) is 8.01. The Bertz CT molecular complexity index is 1930. The molecule has 2 amide bonds. The van der Waals surface area contributed by atoms with Crippen molar-refractivity contribution in [2.24, 2.45) is 4.99 Å². The van der Waals surface area contributed by atoms with Crippen molar-refractivity contribution in [2.45, 2.75) is 150 Å². The van der Waals surface area contributed by atoms with Crippen LogP contribution < -0.4 is 8.79 Å². The Balaban J connectivity index is 1.92. The Hall–Kier alpha value is -3.80. The third-order valence-electron chi connectivity index (χ3n) is 11.1. The summed E-state index contributed by atoms with van der Waals surface area (Å²) in [4.78, 5) is 30.1. The van der Waals surface area contributed by atoms with Crippen LogP contribution in [0.3, 0.4) is 0 Å². The topological polar surface area (TPSA) is 70.6 Å². The van der Waals surface area contributed by atoms with E-state index < -0.39 is 11.0 Å². The fraction of sp³-hybridized carbons (Fsp3) is 0.442. The summed E-state index contributed by atoms with van der Waals surface area (Å²) in [6.45, 7) is 11.0. The van der Waals surface area contributed by atoms with Gasteiger partial charge in [-0.2, -0.15) is 0 Å². The van der Waals surface area contributed by atoms with Gasteiger partial charge in [0.25, 0.3) is 0 Å². The number of unbranched alkanes of at least 4 members (excludes halogenated alkanes) is 11. The number of carbonyl (C=O) groups is 2. The van der Waals surface area contributed by atoms with E-state index >= 15 is 0 Å². The quantitative estimate of drug-likeness (QED) is 0.0258. The number of amides is 2. The van der Waals surface area contributed by atoms with Gasteiger partial charge in [-0.3, -0.25) is 0 Å². The molecule has 0 saturated heterocycles. The molecule has 0 spiro atoms. The molecule has 0 aliphatic heterocycles. The van der Waals surface area contributed by atoms with Crippen LogP contribution in [0.2, 0.25) is 0 Å². The van der Waals surface area contributed by atoms with Gasteiger partial charge >= 0.3 is 342 Å². The number of nitrogens with one attached hydrogen (secondary N) is 2. The van der Waals surface area contributed by atoms with Crippen LogP contribution in [0.1, 0.15) is 153 Å². The van der Waals surface area contributed by atoms with Crippen molar-refractivity contribution in [1.29, 1.82) is 0 Å². The second kappa shape index (κ2) is 26.4. The first-order valence-corrected chi connectivity index (χ1v) is 26.2. The summed E-state index contributed by atoms with van der Waals surface area (Å²) < 4.78 is 6.94. The van der Waals surface area contributed by atoms with Crippen LogP contribution in [0.15, 0.2) is 102 Å². The van der Waals surface area contributed by atoms with Crippen molar-refractivity contribution in [3.8, 4) is 22.3 Å². The van der Waals surface area contributed by atoms with E-state index in [9.17, 15) is 9.59 Å². The number of aryl methyl sites for hydroxylation is 2. The van der Waals surface area contributed by atoms with Gasteiger partial charge < -0.3 is 0 Å². The molecule has 0 aliphatic rings. The average molecular weight is 908 g/mol. The minimum absolute atomic E-state index is 0.645. The number of hydrogen-bond acceptors (Lipinski definition) is 3. The van der Waals surface area contributed by atoms with E-state index in [0.29, 0.717) is 19.2 Å². The number of carbonyl (C=O) groups excluding carboxylic acids is 2. The summed E-state index contributed by atoms with van der Waals surface area (Å²) in [7, 11) is 0. The van der Waals surface area contributed by atoms with Gasteiger partial charge in [-0.05, 0) is 0 Å². The molecule has 0 radical (unpaired) electrons. The van der Waals surface area contributed by atoms with E-state index in [0.717, 1.165) is 72.0 Å². The monoisotopic (exact) mass is 905 g/mol. The summed E-state index contributed by atoms with van der Waals surface area (Å²) in [5, 5.41) is 0. The third-order valence-corrected chi connectivity index (χ3v) is 15.6. The molecule has 0 aliphatic carbocycles. The maximum absolute atomic E-state index is 12.4. The number of nitrogens with zero attached hydrogens (tertiary/aromatic N) is 1. The summed E-state index contributed by atoms with van der Waals surface area (Å²) >= 11 is 1.24. The first kappa shape index (κ1) is 47.9. The van der Waals surface area contributed by atoms with Crippen molar-refractivity contribution >= 4 is 43.0 Å². The molecule has 0 heterocycles. The molecular weight excluding hydrogens is 837 g/mol. The van der Waals surface area contributed by atoms with Gasteiger partial charge in [-0.25, -0.2) is 0 Å². The molecule has 2 N–H and O–H groups in total. The number of benzene rings is 4. The zero-order valence-corrected chi connectivity index (χ0v) is 39.1. The van der Waals surface area contributed by atoms with Crippen LogP contribution >= 0.6 is 14.2 Å². The second-order valence-corrected chi connectivity index (χ2v) is 21.0. The van der Waals surface area contributed by atoms with Crippen LogP contribution in [-0.2, 0) is 39.9 Å². The van der Waals surface area contributed by atoms with Gasteiger partial charge in [0.15, 0.2) is 0 Å². The van der Waals surface area contributed by atoms with Crippen molar-refractivity contribution in [3.05, 3.63) is 119 Å².